The van der Waals surface area contributed by atoms with Gasteiger partial charge in [0.1, 0.15) is 0 Å². The van der Waals surface area contributed by atoms with Crippen molar-refractivity contribution in [3.05, 3.63) is 66.0 Å². The summed E-state index contributed by atoms with van der Waals surface area (Å²) in [6, 6.07) is 12.6. The molecular weight excluding hydrogens is 421 g/mol. The summed E-state index contributed by atoms with van der Waals surface area (Å²) < 4.78 is 14.3. The minimum Gasteiger partial charge on any atom is -0.481 e. The molecule has 2 N–H and O–H groups in total. The van der Waals surface area contributed by atoms with E-state index in [1.165, 1.54) is 0 Å². The maximum absolute atomic E-state index is 14.3. The highest BCUT2D eigenvalue weighted by Crippen LogP contribution is 2.66. The lowest BCUT2D eigenvalue weighted by Crippen LogP contribution is -2.41. The number of carboxylic acid groups (broad SMARTS) is 1. The van der Waals surface area contributed by atoms with Gasteiger partial charge in [0.25, 0.3) is 0 Å². The van der Waals surface area contributed by atoms with Crippen molar-refractivity contribution in [3.63, 3.8) is 0 Å². The van der Waals surface area contributed by atoms with Crippen LogP contribution in [0.5, 0.6) is 0 Å². The van der Waals surface area contributed by atoms with Crippen LogP contribution in [0.1, 0.15) is 88.7 Å². The van der Waals surface area contributed by atoms with Gasteiger partial charge in [-0.3, -0.25) is 14.3 Å². The molecule has 0 saturated heterocycles. The maximum Gasteiger partial charge on any atom is 0.312 e. The highest BCUT2D eigenvalue weighted by molar-refractivity contribution is 7.59. The molecule has 0 bridgehead atoms. The summed E-state index contributed by atoms with van der Waals surface area (Å²) >= 11 is 0. The largest absolute Gasteiger partial charge is 0.481 e. The summed E-state index contributed by atoms with van der Waals surface area (Å²) in [6.45, 7) is 4.21. The predicted molar refractivity (Wildman–Crippen MR) is 130 cm³/mol. The number of carboxylic acids is 1. The molecule has 2 rings (SSSR count). The zero-order valence-corrected chi connectivity index (χ0v) is 20.3. The monoisotopic (exact) mass is 459 g/mol. The van der Waals surface area contributed by atoms with Gasteiger partial charge in [0.15, 0.2) is 0 Å². The summed E-state index contributed by atoms with van der Waals surface area (Å²) in [5.74, 6) is -2.09. The molecule has 6 heteroatoms. The zero-order chi connectivity index (χ0) is 23.5. The first-order valence-electron chi connectivity index (χ1n) is 11.9. The Balaban J connectivity index is 2.59. The van der Waals surface area contributed by atoms with Crippen molar-refractivity contribution in [3.8, 4) is 0 Å². The van der Waals surface area contributed by atoms with Crippen LogP contribution < -0.4 is 0 Å². The lowest BCUT2D eigenvalue weighted by atomic mass is 9.78. The average molecular weight is 460 g/mol. The molecule has 176 valence electrons. The second kappa shape index (κ2) is 12.9. The minimum atomic E-state index is -3.92. The molecule has 0 saturated carbocycles. The number of carbonyl (C=O) groups is 1. The Labute approximate surface area is 192 Å². The molecular formula is C26H38NO4P. The number of pyridine rings is 1. The summed E-state index contributed by atoms with van der Waals surface area (Å²) in [7, 11) is -3.92. The number of nitrogens with zero attached hydrogens (tertiary/aromatic N) is 1. The smallest absolute Gasteiger partial charge is 0.312 e. The van der Waals surface area contributed by atoms with Crippen molar-refractivity contribution in [1.29, 1.82) is 0 Å². The quantitative estimate of drug-likeness (QED) is 0.221. The molecule has 3 unspecified atom stereocenters. The molecule has 0 aliphatic heterocycles. The molecule has 32 heavy (non-hydrogen) atoms. The van der Waals surface area contributed by atoms with Gasteiger partial charge in [-0.2, -0.15) is 0 Å². The second-order valence-corrected chi connectivity index (χ2v) is 11.4. The van der Waals surface area contributed by atoms with E-state index in [9.17, 15) is 19.4 Å². The van der Waals surface area contributed by atoms with Crippen LogP contribution in [0.15, 0.2) is 54.9 Å². The normalized spacial score (nSPS) is 16.1. The molecule has 1 heterocycles. The average Bonchev–Trinajstić information content (AvgIpc) is 2.77. The van der Waals surface area contributed by atoms with Crippen LogP contribution >= 0.6 is 7.37 Å². The Morgan fingerprint density at radius 1 is 0.938 bits per heavy atom. The molecule has 5 nitrogen and oxygen atoms in total. The molecule has 0 radical (unpaired) electrons. The Kier molecular flexibility index (Phi) is 10.6. The molecule has 0 aliphatic rings. The summed E-state index contributed by atoms with van der Waals surface area (Å²) in [6.07, 6.45) is 10.3. The molecule has 3 atom stereocenters. The maximum atomic E-state index is 14.3. The van der Waals surface area contributed by atoms with E-state index >= 15 is 0 Å². The minimum absolute atomic E-state index is 0.0113. The molecule has 1 aromatic heterocycles. The van der Waals surface area contributed by atoms with Crippen LogP contribution in [0.25, 0.3) is 0 Å². The number of hydrogen-bond donors (Lipinski definition) is 2. The molecule has 1 aromatic carbocycles. The van der Waals surface area contributed by atoms with E-state index in [2.05, 4.69) is 18.8 Å². The van der Waals surface area contributed by atoms with Crippen molar-refractivity contribution < 1.29 is 19.4 Å². The molecule has 2 aromatic rings. The summed E-state index contributed by atoms with van der Waals surface area (Å²) in [5.41, 5.74) is 1.33. The Hall–Kier alpha value is -1.97. The lowest BCUT2D eigenvalue weighted by Gasteiger charge is -2.43. The van der Waals surface area contributed by atoms with Crippen LogP contribution in [0.3, 0.4) is 0 Å². The number of aliphatic carboxylic acids is 1. The topological polar surface area (TPSA) is 87.5 Å². The van der Waals surface area contributed by atoms with Gasteiger partial charge >= 0.3 is 5.97 Å². The standard InChI is InChI=1S/C26H38NO4P/c1-3-5-7-12-18-26(17-11-6-4-2,24(25(28)29)23-15-19-27-20-16-23)32(30,31)21-22-13-9-8-10-14-22/h8-10,13-16,19-20,24H,3-7,11-12,17-18,21H2,1-2H3,(H,28,29)(H,30,31). The Morgan fingerprint density at radius 2 is 1.50 bits per heavy atom. The summed E-state index contributed by atoms with van der Waals surface area (Å²) in [5, 5.41) is 9.18. The van der Waals surface area contributed by atoms with E-state index in [1.54, 1.807) is 24.5 Å². The van der Waals surface area contributed by atoms with Crippen molar-refractivity contribution in [2.75, 3.05) is 0 Å². The van der Waals surface area contributed by atoms with Gasteiger partial charge in [0.05, 0.1) is 17.2 Å². The zero-order valence-electron chi connectivity index (χ0n) is 19.4. The highest BCUT2D eigenvalue weighted by Gasteiger charge is 2.55. The number of benzene rings is 1. The van der Waals surface area contributed by atoms with Crippen LogP contribution in [-0.2, 0) is 15.5 Å². The van der Waals surface area contributed by atoms with E-state index < -0.39 is 24.4 Å². The lowest BCUT2D eigenvalue weighted by molar-refractivity contribution is -0.140. The Morgan fingerprint density at radius 3 is 2.06 bits per heavy atom. The number of hydrogen-bond acceptors (Lipinski definition) is 3. The first-order chi connectivity index (χ1) is 15.4. The molecule has 0 aliphatic carbocycles. The molecule has 0 amide bonds. The van der Waals surface area contributed by atoms with Gasteiger partial charge in [-0.25, -0.2) is 0 Å². The predicted octanol–water partition coefficient (Wildman–Crippen LogP) is 7.01. The fourth-order valence-electron chi connectivity index (χ4n) is 4.73. The number of unbranched alkanes of at least 4 members (excludes halogenated alkanes) is 5. The van der Waals surface area contributed by atoms with Gasteiger partial charge in [0.2, 0.25) is 7.37 Å². The van der Waals surface area contributed by atoms with E-state index in [1.807, 2.05) is 30.3 Å². The van der Waals surface area contributed by atoms with Gasteiger partial charge in [-0.1, -0.05) is 89.1 Å². The van der Waals surface area contributed by atoms with Crippen LogP contribution in [0.2, 0.25) is 0 Å². The fourth-order valence-corrected chi connectivity index (χ4v) is 7.43. The van der Waals surface area contributed by atoms with Gasteiger partial charge in [-0.05, 0) is 36.1 Å². The van der Waals surface area contributed by atoms with Crippen molar-refractivity contribution in [2.45, 2.75) is 88.9 Å². The highest BCUT2D eigenvalue weighted by atomic mass is 31.2. The van der Waals surface area contributed by atoms with E-state index in [-0.39, 0.29) is 6.16 Å². The van der Waals surface area contributed by atoms with Gasteiger partial charge in [-0.15, -0.1) is 0 Å². The first-order valence-corrected chi connectivity index (χ1v) is 13.7. The fraction of sp³-hybridized carbons (Fsp3) is 0.538. The van der Waals surface area contributed by atoms with E-state index in [4.69, 9.17) is 0 Å². The van der Waals surface area contributed by atoms with Crippen LogP contribution in [-0.4, -0.2) is 26.1 Å². The number of rotatable bonds is 15. The van der Waals surface area contributed by atoms with Crippen LogP contribution in [0, 0.1) is 0 Å². The SMILES string of the molecule is CCCCCCC(CCCCC)(C(C(=O)O)c1ccncc1)P(=O)(O)Cc1ccccc1. The third kappa shape index (κ3) is 6.76. The Bertz CT molecular complexity index is 859. The van der Waals surface area contributed by atoms with Gasteiger partial charge < -0.3 is 10.00 Å². The van der Waals surface area contributed by atoms with Gasteiger partial charge in [0, 0.05) is 12.4 Å². The third-order valence-electron chi connectivity index (χ3n) is 6.44. The first kappa shape index (κ1) is 26.3. The summed E-state index contributed by atoms with van der Waals surface area (Å²) in [4.78, 5) is 28.4. The molecule has 0 spiro atoms. The van der Waals surface area contributed by atoms with E-state index in [0.29, 0.717) is 18.4 Å². The van der Waals surface area contributed by atoms with Crippen molar-refractivity contribution in [2.24, 2.45) is 0 Å². The third-order valence-corrected chi connectivity index (χ3v) is 9.33. The van der Waals surface area contributed by atoms with Crippen LogP contribution in [0.4, 0.5) is 0 Å². The van der Waals surface area contributed by atoms with Crippen molar-refractivity contribution in [1.82, 2.24) is 4.98 Å². The second-order valence-electron chi connectivity index (χ2n) is 8.77. The molecule has 0 fully saturated rings. The number of aromatic nitrogens is 1. The van der Waals surface area contributed by atoms with E-state index in [0.717, 1.165) is 50.5 Å². The van der Waals surface area contributed by atoms with Crippen molar-refractivity contribution >= 4 is 13.3 Å².